The van der Waals surface area contributed by atoms with Gasteiger partial charge in [0.25, 0.3) is 0 Å². The number of rotatable bonds is 2. The van der Waals surface area contributed by atoms with Gasteiger partial charge in [-0.2, -0.15) is 0 Å². The van der Waals surface area contributed by atoms with Crippen molar-refractivity contribution in [2.24, 2.45) is 10.8 Å². The van der Waals surface area contributed by atoms with E-state index in [9.17, 15) is 0 Å². The van der Waals surface area contributed by atoms with Gasteiger partial charge in [0.15, 0.2) is 11.6 Å². The van der Waals surface area contributed by atoms with E-state index < -0.39 is 0 Å². The molecule has 1 aromatic heterocycles. The van der Waals surface area contributed by atoms with Crippen molar-refractivity contribution in [3.05, 3.63) is 24.3 Å². The van der Waals surface area contributed by atoms with E-state index in [0.29, 0.717) is 17.7 Å². The summed E-state index contributed by atoms with van der Waals surface area (Å²) >= 11 is 0. The van der Waals surface area contributed by atoms with Crippen molar-refractivity contribution >= 4 is 22.7 Å². The van der Waals surface area contributed by atoms with E-state index in [2.05, 4.69) is 43.0 Å². The van der Waals surface area contributed by atoms with Crippen LogP contribution in [-0.4, -0.2) is 16.0 Å². The Hall–Kier alpha value is -1.84. The first-order valence-corrected chi connectivity index (χ1v) is 6.63. The zero-order valence-electron chi connectivity index (χ0n) is 11.9. The van der Waals surface area contributed by atoms with Gasteiger partial charge in [0, 0.05) is 6.04 Å². The number of nitrogens with zero attached hydrogens (tertiary/aromatic N) is 2. The van der Waals surface area contributed by atoms with Crippen molar-refractivity contribution in [1.29, 1.82) is 0 Å². The smallest absolute Gasteiger partial charge is 0.169 e. The summed E-state index contributed by atoms with van der Waals surface area (Å²) in [5.74, 6) is 1.17. The number of fused-ring (bicyclic) bond motifs is 1. The zero-order valence-corrected chi connectivity index (χ0v) is 11.9. The normalized spacial score (nSPS) is 20.4. The number of anilines is 2. The molecular weight excluding hydrogens is 236 g/mol. The number of hydrogen-bond donors (Lipinski definition) is 2. The summed E-state index contributed by atoms with van der Waals surface area (Å²) in [5, 5.41) is 3.46. The van der Waals surface area contributed by atoms with E-state index in [-0.39, 0.29) is 10.8 Å². The van der Waals surface area contributed by atoms with Crippen molar-refractivity contribution in [1.82, 2.24) is 9.97 Å². The summed E-state index contributed by atoms with van der Waals surface area (Å²) in [4.78, 5) is 8.99. The summed E-state index contributed by atoms with van der Waals surface area (Å²) in [6.07, 6.45) is 0. The largest absolute Gasteiger partial charge is 0.381 e. The molecule has 2 aromatic rings. The van der Waals surface area contributed by atoms with Crippen LogP contribution in [0, 0.1) is 10.8 Å². The summed E-state index contributed by atoms with van der Waals surface area (Å²) < 4.78 is 0. The third-order valence-electron chi connectivity index (χ3n) is 4.90. The van der Waals surface area contributed by atoms with Crippen molar-refractivity contribution in [2.75, 3.05) is 11.1 Å². The van der Waals surface area contributed by atoms with Crippen LogP contribution in [0.5, 0.6) is 0 Å². The highest BCUT2D eigenvalue weighted by atomic mass is 15.1. The molecule has 4 heteroatoms. The molecule has 100 valence electrons. The fraction of sp³-hybridized carbons (Fsp3) is 0.467. The van der Waals surface area contributed by atoms with Gasteiger partial charge < -0.3 is 11.1 Å². The van der Waals surface area contributed by atoms with Gasteiger partial charge in [0.05, 0.1) is 11.0 Å². The van der Waals surface area contributed by atoms with E-state index in [4.69, 9.17) is 5.73 Å². The molecule has 0 atom stereocenters. The van der Waals surface area contributed by atoms with Crippen LogP contribution in [0.2, 0.25) is 0 Å². The average molecular weight is 256 g/mol. The third kappa shape index (κ3) is 1.66. The second-order valence-corrected chi connectivity index (χ2v) is 6.47. The highest BCUT2D eigenvalue weighted by Crippen LogP contribution is 2.63. The maximum atomic E-state index is 6.00. The number of nitrogen functional groups attached to an aromatic ring is 1. The Kier molecular flexibility index (Phi) is 2.31. The van der Waals surface area contributed by atoms with Crippen LogP contribution >= 0.6 is 0 Å². The van der Waals surface area contributed by atoms with E-state index in [1.807, 2.05) is 24.3 Å². The molecule has 0 amide bonds. The molecule has 1 aromatic carbocycles. The lowest BCUT2D eigenvalue weighted by molar-refractivity contribution is 0.457. The number of nitrogens with two attached hydrogens (primary N) is 1. The molecule has 0 bridgehead atoms. The monoisotopic (exact) mass is 256 g/mol. The van der Waals surface area contributed by atoms with E-state index in [0.717, 1.165) is 11.0 Å². The fourth-order valence-electron chi connectivity index (χ4n) is 2.81. The average Bonchev–Trinajstić information content (AvgIpc) is 2.72. The van der Waals surface area contributed by atoms with Crippen molar-refractivity contribution < 1.29 is 0 Å². The Morgan fingerprint density at radius 2 is 1.53 bits per heavy atom. The predicted octanol–water partition coefficient (Wildman–Crippen LogP) is 3.06. The molecule has 0 aliphatic heterocycles. The molecule has 4 nitrogen and oxygen atoms in total. The van der Waals surface area contributed by atoms with Crippen LogP contribution in [0.15, 0.2) is 24.3 Å². The molecular formula is C15H20N4. The zero-order chi connectivity index (χ0) is 13.8. The second-order valence-electron chi connectivity index (χ2n) is 6.47. The minimum atomic E-state index is 0.243. The van der Waals surface area contributed by atoms with Crippen molar-refractivity contribution in [2.45, 2.75) is 33.7 Å². The van der Waals surface area contributed by atoms with Gasteiger partial charge in [0.2, 0.25) is 0 Å². The molecule has 1 saturated carbocycles. The maximum Gasteiger partial charge on any atom is 0.169 e. The Bertz CT molecular complexity index is 632. The Balaban J connectivity index is 1.96. The Morgan fingerprint density at radius 1 is 1.00 bits per heavy atom. The first-order valence-electron chi connectivity index (χ1n) is 6.63. The third-order valence-corrected chi connectivity index (χ3v) is 4.90. The number of para-hydroxylation sites is 2. The van der Waals surface area contributed by atoms with Crippen LogP contribution in [0.4, 0.5) is 11.6 Å². The number of aromatic nitrogens is 2. The van der Waals surface area contributed by atoms with Gasteiger partial charge in [-0.15, -0.1) is 0 Å². The molecule has 0 radical (unpaired) electrons. The highest BCUT2D eigenvalue weighted by molar-refractivity contribution is 5.79. The first-order chi connectivity index (χ1) is 8.84. The van der Waals surface area contributed by atoms with Gasteiger partial charge in [0.1, 0.15) is 0 Å². The highest BCUT2D eigenvalue weighted by Gasteiger charge is 2.65. The molecule has 1 aliphatic rings. The van der Waals surface area contributed by atoms with Gasteiger partial charge in [-0.05, 0) is 23.0 Å². The molecule has 0 spiro atoms. The summed E-state index contributed by atoms with van der Waals surface area (Å²) in [6.45, 7) is 9.04. The van der Waals surface area contributed by atoms with Gasteiger partial charge >= 0.3 is 0 Å². The number of hydrogen-bond acceptors (Lipinski definition) is 4. The van der Waals surface area contributed by atoms with Crippen LogP contribution < -0.4 is 11.1 Å². The lowest BCUT2D eigenvalue weighted by Gasteiger charge is -2.10. The summed E-state index contributed by atoms with van der Waals surface area (Å²) in [6, 6.07) is 8.15. The minimum absolute atomic E-state index is 0.243. The quantitative estimate of drug-likeness (QED) is 0.866. The molecule has 0 unspecified atom stereocenters. The predicted molar refractivity (Wildman–Crippen MR) is 78.9 cm³/mol. The summed E-state index contributed by atoms with van der Waals surface area (Å²) in [7, 11) is 0. The second kappa shape index (κ2) is 3.59. The maximum absolute atomic E-state index is 6.00. The van der Waals surface area contributed by atoms with E-state index in [1.165, 1.54) is 0 Å². The number of nitrogens with one attached hydrogen (secondary N) is 1. The van der Waals surface area contributed by atoms with E-state index >= 15 is 0 Å². The van der Waals surface area contributed by atoms with Crippen LogP contribution in [0.3, 0.4) is 0 Å². The lowest BCUT2D eigenvalue weighted by atomic mass is 10.0. The molecule has 1 aliphatic carbocycles. The van der Waals surface area contributed by atoms with Crippen LogP contribution in [0.1, 0.15) is 27.7 Å². The van der Waals surface area contributed by atoms with Crippen molar-refractivity contribution in [3.63, 3.8) is 0 Å². The standard InChI is InChI=1S/C15H20N4/c1-14(2)13(15(14,3)4)19-12-11(16)17-9-7-5-6-8-10(9)18-12/h5-8,13H,1-4H3,(H2,16,17)(H,18,19). The minimum Gasteiger partial charge on any atom is -0.381 e. The Labute approximate surface area is 113 Å². The molecule has 0 saturated heterocycles. The Morgan fingerprint density at radius 3 is 2.05 bits per heavy atom. The molecule has 19 heavy (non-hydrogen) atoms. The topological polar surface area (TPSA) is 63.8 Å². The molecule has 3 N–H and O–H groups in total. The van der Waals surface area contributed by atoms with Crippen molar-refractivity contribution in [3.8, 4) is 0 Å². The molecule has 3 rings (SSSR count). The first kappa shape index (κ1) is 12.2. The van der Waals surface area contributed by atoms with Crippen LogP contribution in [0.25, 0.3) is 11.0 Å². The molecule has 1 heterocycles. The SMILES string of the molecule is CC1(C)C(Nc2nc3ccccc3nc2N)C1(C)C. The van der Waals surface area contributed by atoms with Gasteiger partial charge in [-0.25, -0.2) is 9.97 Å². The lowest BCUT2D eigenvalue weighted by Crippen LogP contribution is -2.13. The van der Waals surface area contributed by atoms with E-state index in [1.54, 1.807) is 0 Å². The van der Waals surface area contributed by atoms with Crippen LogP contribution in [-0.2, 0) is 0 Å². The summed E-state index contributed by atoms with van der Waals surface area (Å²) in [5.41, 5.74) is 8.19. The fourth-order valence-corrected chi connectivity index (χ4v) is 2.81. The van der Waals surface area contributed by atoms with Gasteiger partial charge in [-0.3, -0.25) is 0 Å². The van der Waals surface area contributed by atoms with Gasteiger partial charge in [-0.1, -0.05) is 39.8 Å². The number of benzene rings is 1. The molecule has 1 fully saturated rings.